The van der Waals surface area contributed by atoms with Crippen molar-refractivity contribution in [2.45, 2.75) is 32.7 Å². The molecule has 0 aromatic heterocycles. The zero-order valence-corrected chi connectivity index (χ0v) is 5.59. The van der Waals surface area contributed by atoms with Crippen molar-refractivity contribution >= 4 is 6.21 Å². The quantitative estimate of drug-likeness (QED) is 0.490. The fourth-order valence-corrected chi connectivity index (χ4v) is 1.04. The average Bonchev–Trinajstić information content (AvgIpc) is 2.12. The Labute approximate surface area is 50.8 Å². The Bertz CT molecular complexity index is 94.6. The minimum atomic E-state index is 0.634. The van der Waals surface area contributed by atoms with Crippen LogP contribution in [0.15, 0.2) is 4.99 Å². The van der Waals surface area contributed by atoms with E-state index in [1.165, 1.54) is 12.8 Å². The van der Waals surface area contributed by atoms with Gasteiger partial charge in [0.25, 0.3) is 0 Å². The summed E-state index contributed by atoms with van der Waals surface area (Å²) in [6, 6.07) is 0.634. The van der Waals surface area contributed by atoms with E-state index < -0.39 is 0 Å². The molecule has 0 bridgehead atoms. The molecule has 0 aromatic rings. The molecule has 8 heavy (non-hydrogen) atoms. The van der Waals surface area contributed by atoms with Crippen LogP contribution in [0, 0.1) is 5.92 Å². The van der Waals surface area contributed by atoms with E-state index in [2.05, 4.69) is 18.8 Å². The zero-order valence-electron chi connectivity index (χ0n) is 5.59. The maximum absolute atomic E-state index is 4.31. The second-order valence-corrected chi connectivity index (χ2v) is 2.72. The summed E-state index contributed by atoms with van der Waals surface area (Å²) in [7, 11) is 0. The summed E-state index contributed by atoms with van der Waals surface area (Å²) in [5.41, 5.74) is 0. The standard InChI is InChI=1S/C7H13N/c1-6(2)7-4-3-5-8-7/h5-7H,3-4H2,1-2H3/t7-/m0/s1. The van der Waals surface area contributed by atoms with Crippen LogP contribution in [0.3, 0.4) is 0 Å². The predicted octanol–water partition coefficient (Wildman–Crippen LogP) is 1.88. The van der Waals surface area contributed by atoms with Crippen LogP contribution in [0.5, 0.6) is 0 Å². The van der Waals surface area contributed by atoms with Crippen LogP contribution in [-0.4, -0.2) is 12.3 Å². The predicted molar refractivity (Wildman–Crippen MR) is 36.4 cm³/mol. The molecule has 0 N–H and O–H groups in total. The lowest BCUT2D eigenvalue weighted by Gasteiger charge is -2.08. The number of nitrogens with zero attached hydrogens (tertiary/aromatic N) is 1. The first kappa shape index (κ1) is 5.80. The molecule has 1 rings (SSSR count). The Morgan fingerprint density at radius 1 is 1.62 bits per heavy atom. The molecule has 0 fully saturated rings. The molecule has 0 radical (unpaired) electrons. The fraction of sp³-hybridized carbons (Fsp3) is 0.857. The molecule has 46 valence electrons. The van der Waals surface area contributed by atoms with E-state index in [-0.39, 0.29) is 0 Å². The molecule has 1 aliphatic heterocycles. The summed E-state index contributed by atoms with van der Waals surface area (Å²) in [4.78, 5) is 4.31. The Hall–Kier alpha value is -0.330. The Kier molecular flexibility index (Phi) is 1.66. The molecular weight excluding hydrogens is 98.1 g/mol. The number of hydrogen-bond acceptors (Lipinski definition) is 1. The van der Waals surface area contributed by atoms with Gasteiger partial charge in [-0.25, -0.2) is 0 Å². The lowest BCUT2D eigenvalue weighted by molar-refractivity contribution is 0.494. The van der Waals surface area contributed by atoms with Gasteiger partial charge in [0.2, 0.25) is 0 Å². The van der Waals surface area contributed by atoms with Crippen molar-refractivity contribution in [1.29, 1.82) is 0 Å². The van der Waals surface area contributed by atoms with Crippen LogP contribution < -0.4 is 0 Å². The average molecular weight is 111 g/mol. The van der Waals surface area contributed by atoms with Gasteiger partial charge in [0.15, 0.2) is 0 Å². The van der Waals surface area contributed by atoms with Gasteiger partial charge in [-0.3, -0.25) is 4.99 Å². The maximum atomic E-state index is 4.31. The third-order valence-electron chi connectivity index (χ3n) is 1.66. The van der Waals surface area contributed by atoms with E-state index in [0.717, 1.165) is 5.92 Å². The summed E-state index contributed by atoms with van der Waals surface area (Å²) in [5.74, 6) is 0.744. The number of hydrogen-bond donors (Lipinski definition) is 0. The van der Waals surface area contributed by atoms with Gasteiger partial charge in [0.1, 0.15) is 0 Å². The van der Waals surface area contributed by atoms with E-state index >= 15 is 0 Å². The minimum Gasteiger partial charge on any atom is -0.294 e. The van der Waals surface area contributed by atoms with Crippen molar-refractivity contribution < 1.29 is 0 Å². The maximum Gasteiger partial charge on any atom is 0.0522 e. The van der Waals surface area contributed by atoms with Crippen LogP contribution in [0.1, 0.15) is 26.7 Å². The van der Waals surface area contributed by atoms with E-state index in [9.17, 15) is 0 Å². The molecule has 0 saturated heterocycles. The second kappa shape index (κ2) is 2.29. The van der Waals surface area contributed by atoms with Crippen molar-refractivity contribution in [3.8, 4) is 0 Å². The molecular formula is C7H13N. The van der Waals surface area contributed by atoms with Gasteiger partial charge < -0.3 is 0 Å². The normalized spacial score (nSPS) is 27.6. The van der Waals surface area contributed by atoms with Gasteiger partial charge in [0.05, 0.1) is 6.04 Å². The molecule has 1 heteroatoms. The van der Waals surface area contributed by atoms with Crippen LogP contribution in [-0.2, 0) is 0 Å². The SMILES string of the molecule is CC(C)[C@@H]1CCC=N1. The fourth-order valence-electron chi connectivity index (χ4n) is 1.04. The Morgan fingerprint density at radius 2 is 2.38 bits per heavy atom. The summed E-state index contributed by atoms with van der Waals surface area (Å²) in [6.45, 7) is 4.46. The van der Waals surface area contributed by atoms with Crippen molar-refractivity contribution in [3.05, 3.63) is 0 Å². The summed E-state index contributed by atoms with van der Waals surface area (Å²) >= 11 is 0. The molecule has 1 atom stereocenters. The second-order valence-electron chi connectivity index (χ2n) is 2.72. The van der Waals surface area contributed by atoms with Gasteiger partial charge in [-0.2, -0.15) is 0 Å². The molecule has 0 spiro atoms. The first-order valence-electron chi connectivity index (χ1n) is 3.32. The first-order valence-corrected chi connectivity index (χ1v) is 3.32. The number of rotatable bonds is 1. The van der Waals surface area contributed by atoms with E-state index in [4.69, 9.17) is 0 Å². The smallest absolute Gasteiger partial charge is 0.0522 e. The van der Waals surface area contributed by atoms with Crippen LogP contribution in [0.2, 0.25) is 0 Å². The largest absolute Gasteiger partial charge is 0.294 e. The molecule has 1 heterocycles. The van der Waals surface area contributed by atoms with E-state index in [1.807, 2.05) is 6.21 Å². The van der Waals surface area contributed by atoms with Crippen LogP contribution >= 0.6 is 0 Å². The van der Waals surface area contributed by atoms with Crippen LogP contribution in [0.4, 0.5) is 0 Å². The number of aliphatic imine (C=N–C) groups is 1. The van der Waals surface area contributed by atoms with E-state index in [0.29, 0.717) is 6.04 Å². The van der Waals surface area contributed by atoms with E-state index in [1.54, 1.807) is 0 Å². The third-order valence-corrected chi connectivity index (χ3v) is 1.66. The highest BCUT2D eigenvalue weighted by atomic mass is 14.8. The van der Waals surface area contributed by atoms with Gasteiger partial charge in [-0.15, -0.1) is 0 Å². The molecule has 0 aliphatic carbocycles. The van der Waals surface area contributed by atoms with Gasteiger partial charge >= 0.3 is 0 Å². The molecule has 0 aromatic carbocycles. The zero-order chi connectivity index (χ0) is 5.98. The molecule has 0 unspecified atom stereocenters. The Morgan fingerprint density at radius 3 is 2.62 bits per heavy atom. The Balaban J connectivity index is 2.36. The van der Waals surface area contributed by atoms with Crippen molar-refractivity contribution in [3.63, 3.8) is 0 Å². The minimum absolute atomic E-state index is 0.634. The van der Waals surface area contributed by atoms with Gasteiger partial charge in [0, 0.05) is 0 Å². The molecule has 0 saturated carbocycles. The first-order chi connectivity index (χ1) is 3.80. The van der Waals surface area contributed by atoms with Crippen molar-refractivity contribution in [2.24, 2.45) is 10.9 Å². The molecule has 1 aliphatic rings. The molecule has 1 nitrogen and oxygen atoms in total. The monoisotopic (exact) mass is 111 g/mol. The van der Waals surface area contributed by atoms with Crippen molar-refractivity contribution in [2.75, 3.05) is 0 Å². The lowest BCUT2D eigenvalue weighted by atomic mass is 10.0. The molecule has 0 amide bonds. The summed E-state index contributed by atoms with van der Waals surface area (Å²) in [5, 5.41) is 0. The lowest BCUT2D eigenvalue weighted by Crippen LogP contribution is -2.07. The van der Waals surface area contributed by atoms with Crippen molar-refractivity contribution in [1.82, 2.24) is 0 Å². The van der Waals surface area contributed by atoms with Gasteiger partial charge in [-0.05, 0) is 25.0 Å². The van der Waals surface area contributed by atoms with Gasteiger partial charge in [-0.1, -0.05) is 13.8 Å². The highest BCUT2D eigenvalue weighted by Gasteiger charge is 2.13. The summed E-state index contributed by atoms with van der Waals surface area (Å²) < 4.78 is 0. The topological polar surface area (TPSA) is 12.4 Å². The van der Waals surface area contributed by atoms with Crippen LogP contribution in [0.25, 0.3) is 0 Å². The highest BCUT2D eigenvalue weighted by molar-refractivity contribution is 5.59. The highest BCUT2D eigenvalue weighted by Crippen LogP contribution is 2.15. The summed E-state index contributed by atoms with van der Waals surface area (Å²) in [6.07, 6.45) is 4.52. The third kappa shape index (κ3) is 1.09.